The van der Waals surface area contributed by atoms with Crippen LogP contribution in [0.5, 0.6) is 0 Å². The van der Waals surface area contributed by atoms with E-state index in [1.165, 1.54) is 0 Å². The van der Waals surface area contributed by atoms with Crippen molar-refractivity contribution in [2.75, 3.05) is 31.2 Å². The van der Waals surface area contributed by atoms with E-state index in [1.807, 2.05) is 64.9 Å². The molecule has 0 bridgehead atoms. The smallest absolute Gasteiger partial charge is 0.255 e. The quantitative estimate of drug-likeness (QED) is 0.455. The summed E-state index contributed by atoms with van der Waals surface area (Å²) in [5.74, 6) is 0.797. The first kappa shape index (κ1) is 21.4. The van der Waals surface area contributed by atoms with E-state index in [9.17, 15) is 4.79 Å². The maximum atomic E-state index is 13.1. The van der Waals surface area contributed by atoms with Crippen molar-refractivity contribution in [3.05, 3.63) is 89.1 Å². The molecule has 0 unspecified atom stereocenters. The summed E-state index contributed by atoms with van der Waals surface area (Å²) in [5, 5.41) is 9.75. The summed E-state index contributed by atoms with van der Waals surface area (Å²) in [6.07, 6.45) is 3.65. The van der Waals surface area contributed by atoms with Crippen LogP contribution in [0.1, 0.15) is 21.5 Å². The number of hydrogen-bond acceptors (Lipinski definition) is 6. The van der Waals surface area contributed by atoms with E-state index in [-0.39, 0.29) is 5.91 Å². The Balaban J connectivity index is 1.29. The van der Waals surface area contributed by atoms with Crippen molar-refractivity contribution in [1.29, 1.82) is 0 Å². The van der Waals surface area contributed by atoms with Gasteiger partial charge in [-0.25, -0.2) is 4.98 Å². The van der Waals surface area contributed by atoms with Gasteiger partial charge in [-0.1, -0.05) is 42.5 Å². The van der Waals surface area contributed by atoms with E-state index in [0.29, 0.717) is 24.3 Å². The number of anilines is 1. The molecule has 1 fully saturated rings. The highest BCUT2D eigenvalue weighted by atomic mass is 32.1. The number of thiophene rings is 1. The number of amides is 1. The molecule has 3 aromatic heterocycles. The number of nitrogens with one attached hydrogen (secondary N) is 1. The maximum Gasteiger partial charge on any atom is 0.255 e. The molecule has 1 aliphatic heterocycles. The molecule has 168 valence electrons. The minimum Gasteiger partial charge on any atom is -0.378 e. The number of hydrogen-bond donors (Lipinski definition) is 1. The van der Waals surface area contributed by atoms with Crippen LogP contribution in [0, 0.1) is 0 Å². The Morgan fingerprint density at radius 3 is 2.61 bits per heavy atom. The van der Waals surface area contributed by atoms with Crippen LogP contribution in [0.3, 0.4) is 0 Å². The first-order valence-electron chi connectivity index (χ1n) is 11.0. The number of ether oxygens (including phenoxy) is 1. The lowest BCUT2D eigenvalue weighted by molar-refractivity contribution is 0.0951. The maximum absolute atomic E-state index is 13.1. The predicted molar refractivity (Wildman–Crippen MR) is 130 cm³/mol. The van der Waals surface area contributed by atoms with Gasteiger partial charge in [0.15, 0.2) is 0 Å². The van der Waals surface area contributed by atoms with Crippen LogP contribution in [0.2, 0.25) is 0 Å². The molecule has 1 saturated heterocycles. The summed E-state index contributed by atoms with van der Waals surface area (Å²) < 4.78 is 7.23. The Bertz CT molecular complexity index is 1180. The van der Waals surface area contributed by atoms with Gasteiger partial charge in [0.25, 0.3) is 5.91 Å². The second-order valence-electron chi connectivity index (χ2n) is 7.86. The topological polar surface area (TPSA) is 72.3 Å². The average molecular weight is 460 g/mol. The van der Waals surface area contributed by atoms with E-state index in [4.69, 9.17) is 9.84 Å². The van der Waals surface area contributed by atoms with Crippen LogP contribution in [0.25, 0.3) is 10.6 Å². The number of aromatic nitrogens is 3. The fraction of sp³-hybridized carbons (Fsp3) is 0.240. The first-order valence-corrected chi connectivity index (χ1v) is 11.9. The molecule has 4 heterocycles. The number of carbonyl (C=O) groups excluding carboxylic acids is 1. The van der Waals surface area contributed by atoms with Crippen molar-refractivity contribution in [3.63, 3.8) is 0 Å². The molecule has 0 radical (unpaired) electrons. The molecular weight excluding hydrogens is 434 g/mol. The van der Waals surface area contributed by atoms with Gasteiger partial charge in [-0.3, -0.25) is 9.48 Å². The molecule has 1 aromatic carbocycles. The van der Waals surface area contributed by atoms with Gasteiger partial charge in [0.05, 0.1) is 30.2 Å². The molecule has 1 amide bonds. The Morgan fingerprint density at radius 2 is 1.88 bits per heavy atom. The fourth-order valence-corrected chi connectivity index (χ4v) is 4.54. The Labute approximate surface area is 196 Å². The van der Waals surface area contributed by atoms with Crippen LogP contribution < -0.4 is 10.2 Å². The van der Waals surface area contributed by atoms with Crippen molar-refractivity contribution >= 4 is 23.1 Å². The molecule has 8 heteroatoms. The molecule has 0 saturated carbocycles. The zero-order chi connectivity index (χ0) is 22.5. The molecule has 0 atom stereocenters. The minimum atomic E-state index is -0.144. The summed E-state index contributed by atoms with van der Waals surface area (Å²) in [6.45, 7) is 4.17. The van der Waals surface area contributed by atoms with Gasteiger partial charge in [0.1, 0.15) is 11.5 Å². The summed E-state index contributed by atoms with van der Waals surface area (Å²) in [4.78, 5) is 20.9. The van der Waals surface area contributed by atoms with Gasteiger partial charge in [0, 0.05) is 32.0 Å². The third-order valence-electron chi connectivity index (χ3n) is 5.55. The lowest BCUT2D eigenvalue weighted by Gasteiger charge is -2.27. The van der Waals surface area contributed by atoms with Crippen LogP contribution in [-0.4, -0.2) is 47.0 Å². The van der Waals surface area contributed by atoms with Crippen LogP contribution in [-0.2, 0) is 17.8 Å². The van der Waals surface area contributed by atoms with Gasteiger partial charge in [-0.15, -0.1) is 11.3 Å². The molecule has 1 aliphatic rings. The largest absolute Gasteiger partial charge is 0.378 e. The van der Waals surface area contributed by atoms with E-state index in [1.54, 1.807) is 11.3 Å². The highest BCUT2D eigenvalue weighted by Gasteiger charge is 2.19. The standard InChI is InChI=1S/C25H25N5O2S/c31-25(27-16-20-8-9-23(26-15-20)29-10-12-32-13-11-29)21-18-30(17-19-5-2-1-3-6-19)28-24(21)22-7-4-14-33-22/h1-9,14-15,18H,10-13,16-17H2,(H,27,31). The summed E-state index contributed by atoms with van der Waals surface area (Å²) in [7, 11) is 0. The number of rotatable bonds is 7. The summed E-state index contributed by atoms with van der Waals surface area (Å²) in [5.41, 5.74) is 3.37. The third-order valence-corrected chi connectivity index (χ3v) is 6.42. The zero-order valence-electron chi connectivity index (χ0n) is 18.2. The van der Waals surface area contributed by atoms with Gasteiger partial charge in [0.2, 0.25) is 0 Å². The van der Waals surface area contributed by atoms with Crippen molar-refractivity contribution in [3.8, 4) is 10.6 Å². The first-order chi connectivity index (χ1) is 16.3. The minimum absolute atomic E-state index is 0.144. The molecule has 4 aromatic rings. The highest BCUT2D eigenvalue weighted by Crippen LogP contribution is 2.27. The Morgan fingerprint density at radius 1 is 1.03 bits per heavy atom. The highest BCUT2D eigenvalue weighted by molar-refractivity contribution is 7.13. The van der Waals surface area contributed by atoms with E-state index in [2.05, 4.69) is 27.3 Å². The van der Waals surface area contributed by atoms with Gasteiger partial charge in [-0.05, 0) is 28.6 Å². The Kier molecular flexibility index (Phi) is 6.46. The van der Waals surface area contributed by atoms with Crippen LogP contribution in [0.4, 0.5) is 5.82 Å². The molecule has 1 N–H and O–H groups in total. The number of morpholine rings is 1. The van der Waals surface area contributed by atoms with Crippen LogP contribution >= 0.6 is 11.3 Å². The normalized spacial score (nSPS) is 13.8. The monoisotopic (exact) mass is 459 g/mol. The van der Waals surface area contributed by atoms with Crippen molar-refractivity contribution in [2.45, 2.75) is 13.1 Å². The molecule has 5 rings (SSSR count). The van der Waals surface area contributed by atoms with E-state index in [0.717, 1.165) is 48.1 Å². The van der Waals surface area contributed by atoms with E-state index >= 15 is 0 Å². The third kappa shape index (κ3) is 5.13. The number of nitrogens with zero attached hydrogens (tertiary/aromatic N) is 4. The lowest BCUT2D eigenvalue weighted by Crippen LogP contribution is -2.36. The lowest BCUT2D eigenvalue weighted by atomic mass is 10.2. The van der Waals surface area contributed by atoms with Gasteiger partial charge < -0.3 is 15.0 Å². The Hall–Kier alpha value is -3.49. The molecule has 33 heavy (non-hydrogen) atoms. The van der Waals surface area contributed by atoms with E-state index < -0.39 is 0 Å². The zero-order valence-corrected chi connectivity index (χ0v) is 19.0. The summed E-state index contributed by atoms with van der Waals surface area (Å²) in [6, 6.07) is 18.1. The second-order valence-corrected chi connectivity index (χ2v) is 8.81. The van der Waals surface area contributed by atoms with Crippen LogP contribution in [0.15, 0.2) is 72.4 Å². The number of benzene rings is 1. The fourth-order valence-electron chi connectivity index (χ4n) is 3.81. The molecular formula is C25H25N5O2S. The van der Waals surface area contributed by atoms with Gasteiger partial charge >= 0.3 is 0 Å². The second kappa shape index (κ2) is 9.97. The van der Waals surface area contributed by atoms with Gasteiger partial charge in [-0.2, -0.15) is 5.10 Å². The predicted octanol–water partition coefficient (Wildman–Crippen LogP) is 3.82. The van der Waals surface area contributed by atoms with Crippen molar-refractivity contribution < 1.29 is 9.53 Å². The molecule has 7 nitrogen and oxygen atoms in total. The number of carbonyl (C=O) groups is 1. The molecule has 0 spiro atoms. The van der Waals surface area contributed by atoms with Crippen molar-refractivity contribution in [1.82, 2.24) is 20.1 Å². The van der Waals surface area contributed by atoms with Crippen molar-refractivity contribution in [2.24, 2.45) is 0 Å². The number of pyridine rings is 1. The summed E-state index contributed by atoms with van der Waals surface area (Å²) >= 11 is 1.58. The SMILES string of the molecule is O=C(NCc1ccc(N2CCOCC2)nc1)c1cn(Cc2ccccc2)nc1-c1cccs1. The molecule has 0 aliphatic carbocycles. The average Bonchev–Trinajstić information content (AvgIpc) is 3.54.